The van der Waals surface area contributed by atoms with Gasteiger partial charge in [-0.2, -0.15) is 0 Å². The van der Waals surface area contributed by atoms with Gasteiger partial charge < -0.3 is 14.5 Å². The highest BCUT2D eigenvalue weighted by Gasteiger charge is 2.27. The topological polar surface area (TPSA) is 58.6 Å². The average Bonchev–Trinajstić information content (AvgIpc) is 2.82. The summed E-state index contributed by atoms with van der Waals surface area (Å²) in [4.78, 5) is 25.2. The standard InChI is InChI=1S/C24H24F2N4O2/c1-29(20-7-3-6-19(26)13-20)9-8-24(31)30-10-11-32-23(16-30)22-15-27-14-21(28-22)17-4-2-5-18(25)12-17/h2-7,12-15,23H,8-11,16H2,1H3. The van der Waals surface area contributed by atoms with E-state index >= 15 is 0 Å². The molecule has 0 spiro atoms. The number of ether oxygens (including phenoxy) is 1. The van der Waals surface area contributed by atoms with Crippen molar-refractivity contribution >= 4 is 11.6 Å². The molecule has 4 rings (SSSR count). The van der Waals surface area contributed by atoms with Gasteiger partial charge in [0.05, 0.1) is 36.9 Å². The SMILES string of the molecule is CN(CCC(=O)N1CCOC(c2cncc(-c3cccc(F)c3)n2)C1)c1cccc(F)c1. The summed E-state index contributed by atoms with van der Waals surface area (Å²) in [6.45, 7) is 1.72. The number of rotatable bonds is 6. The molecule has 1 saturated heterocycles. The predicted molar refractivity (Wildman–Crippen MR) is 117 cm³/mol. The number of anilines is 1. The summed E-state index contributed by atoms with van der Waals surface area (Å²) in [5.74, 6) is -0.655. The fraction of sp³-hybridized carbons (Fsp3) is 0.292. The van der Waals surface area contributed by atoms with Gasteiger partial charge in [-0.05, 0) is 30.3 Å². The Morgan fingerprint density at radius 2 is 1.94 bits per heavy atom. The third-order valence-corrected chi connectivity index (χ3v) is 5.43. The van der Waals surface area contributed by atoms with E-state index in [1.54, 1.807) is 35.5 Å². The highest BCUT2D eigenvalue weighted by Crippen LogP contribution is 2.24. The van der Waals surface area contributed by atoms with E-state index in [0.717, 1.165) is 5.69 Å². The lowest BCUT2D eigenvalue weighted by Gasteiger charge is -2.33. The van der Waals surface area contributed by atoms with E-state index in [4.69, 9.17) is 4.74 Å². The van der Waals surface area contributed by atoms with Gasteiger partial charge in [-0.25, -0.2) is 13.8 Å². The zero-order valence-corrected chi connectivity index (χ0v) is 17.7. The van der Waals surface area contributed by atoms with Crippen molar-refractivity contribution < 1.29 is 18.3 Å². The monoisotopic (exact) mass is 438 g/mol. The molecule has 1 unspecified atom stereocenters. The fourth-order valence-electron chi connectivity index (χ4n) is 3.64. The van der Waals surface area contributed by atoms with Crippen LogP contribution in [0, 0.1) is 11.6 Å². The smallest absolute Gasteiger partial charge is 0.224 e. The maximum Gasteiger partial charge on any atom is 0.224 e. The number of benzene rings is 2. The van der Waals surface area contributed by atoms with Crippen molar-refractivity contribution in [3.63, 3.8) is 0 Å². The van der Waals surface area contributed by atoms with Gasteiger partial charge in [-0.3, -0.25) is 9.78 Å². The van der Waals surface area contributed by atoms with E-state index in [0.29, 0.717) is 49.6 Å². The van der Waals surface area contributed by atoms with E-state index in [1.807, 2.05) is 18.0 Å². The molecule has 166 valence electrons. The Labute approximate surface area is 185 Å². The summed E-state index contributed by atoms with van der Waals surface area (Å²) in [6.07, 6.45) is 3.08. The number of halogens is 2. The van der Waals surface area contributed by atoms with Gasteiger partial charge in [0.25, 0.3) is 0 Å². The van der Waals surface area contributed by atoms with Gasteiger partial charge in [0.2, 0.25) is 5.91 Å². The minimum Gasteiger partial charge on any atom is -0.374 e. The number of hydrogen-bond donors (Lipinski definition) is 0. The van der Waals surface area contributed by atoms with Crippen LogP contribution in [0.3, 0.4) is 0 Å². The van der Waals surface area contributed by atoms with Gasteiger partial charge in [-0.15, -0.1) is 0 Å². The molecule has 8 heteroatoms. The molecule has 6 nitrogen and oxygen atoms in total. The summed E-state index contributed by atoms with van der Waals surface area (Å²) in [7, 11) is 1.83. The van der Waals surface area contributed by atoms with Crippen LogP contribution in [0.2, 0.25) is 0 Å². The second-order valence-electron chi connectivity index (χ2n) is 7.69. The van der Waals surface area contributed by atoms with Gasteiger partial charge >= 0.3 is 0 Å². The van der Waals surface area contributed by atoms with Crippen LogP contribution in [-0.2, 0) is 9.53 Å². The number of amides is 1. The molecule has 1 aromatic heterocycles. The van der Waals surface area contributed by atoms with Crippen molar-refractivity contribution in [2.75, 3.05) is 38.2 Å². The molecule has 0 N–H and O–H groups in total. The Kier molecular flexibility index (Phi) is 6.70. The Morgan fingerprint density at radius 3 is 2.72 bits per heavy atom. The maximum atomic E-state index is 13.6. The van der Waals surface area contributed by atoms with Crippen LogP contribution in [0.25, 0.3) is 11.3 Å². The predicted octanol–water partition coefficient (Wildman–Crippen LogP) is 3.85. The lowest BCUT2D eigenvalue weighted by Crippen LogP contribution is -2.43. The molecule has 1 aliphatic rings. The molecule has 0 radical (unpaired) electrons. The molecule has 0 aliphatic carbocycles. The zero-order valence-electron chi connectivity index (χ0n) is 17.7. The number of carbonyl (C=O) groups excluding carboxylic acids is 1. The lowest BCUT2D eigenvalue weighted by atomic mass is 10.1. The van der Waals surface area contributed by atoms with Gasteiger partial charge in [0.15, 0.2) is 0 Å². The molecule has 2 aromatic carbocycles. The van der Waals surface area contributed by atoms with Crippen molar-refractivity contribution in [1.82, 2.24) is 14.9 Å². The number of carbonyl (C=O) groups is 1. The molecule has 0 saturated carbocycles. The number of morpholine rings is 1. The van der Waals surface area contributed by atoms with Crippen LogP contribution in [-0.4, -0.2) is 54.1 Å². The molecule has 1 aliphatic heterocycles. The van der Waals surface area contributed by atoms with Crippen molar-refractivity contribution in [1.29, 1.82) is 0 Å². The van der Waals surface area contributed by atoms with Gasteiger partial charge in [0, 0.05) is 37.8 Å². The third kappa shape index (κ3) is 5.26. The second-order valence-corrected chi connectivity index (χ2v) is 7.69. The highest BCUT2D eigenvalue weighted by molar-refractivity contribution is 5.77. The van der Waals surface area contributed by atoms with E-state index in [9.17, 15) is 13.6 Å². The van der Waals surface area contributed by atoms with Crippen LogP contribution < -0.4 is 4.90 Å². The largest absolute Gasteiger partial charge is 0.374 e. The lowest BCUT2D eigenvalue weighted by molar-refractivity contribution is -0.138. The Morgan fingerprint density at radius 1 is 1.16 bits per heavy atom. The van der Waals surface area contributed by atoms with Gasteiger partial charge in [0.1, 0.15) is 17.7 Å². The number of hydrogen-bond acceptors (Lipinski definition) is 5. The Hall–Kier alpha value is -3.39. The molecular formula is C24H24F2N4O2. The van der Waals surface area contributed by atoms with E-state index in [2.05, 4.69) is 9.97 Å². The molecule has 2 heterocycles. The Balaban J connectivity index is 1.39. The minimum absolute atomic E-state index is 0.00389. The first kappa shape index (κ1) is 21.8. The molecule has 1 atom stereocenters. The number of nitrogens with zero attached hydrogens (tertiary/aromatic N) is 4. The zero-order chi connectivity index (χ0) is 22.5. The van der Waals surface area contributed by atoms with Crippen LogP contribution in [0.5, 0.6) is 0 Å². The molecule has 3 aromatic rings. The van der Waals surface area contributed by atoms with E-state index in [1.165, 1.54) is 24.3 Å². The summed E-state index contributed by atoms with van der Waals surface area (Å²) in [6, 6.07) is 12.5. The van der Waals surface area contributed by atoms with Crippen LogP contribution in [0.1, 0.15) is 18.2 Å². The van der Waals surface area contributed by atoms with E-state index < -0.39 is 6.10 Å². The third-order valence-electron chi connectivity index (χ3n) is 5.43. The molecule has 0 bridgehead atoms. The first-order valence-electron chi connectivity index (χ1n) is 10.4. The summed E-state index contributed by atoms with van der Waals surface area (Å²) >= 11 is 0. The highest BCUT2D eigenvalue weighted by atomic mass is 19.1. The van der Waals surface area contributed by atoms with Crippen molar-refractivity contribution in [3.8, 4) is 11.3 Å². The molecule has 1 fully saturated rings. The number of aromatic nitrogens is 2. The first-order chi connectivity index (χ1) is 15.5. The van der Waals surface area contributed by atoms with Gasteiger partial charge in [-0.1, -0.05) is 18.2 Å². The fourth-order valence-corrected chi connectivity index (χ4v) is 3.64. The molecule has 32 heavy (non-hydrogen) atoms. The van der Waals surface area contributed by atoms with Crippen LogP contribution in [0.15, 0.2) is 60.9 Å². The maximum absolute atomic E-state index is 13.6. The van der Waals surface area contributed by atoms with Crippen LogP contribution >= 0.6 is 0 Å². The minimum atomic E-state index is -0.408. The van der Waals surface area contributed by atoms with Crippen molar-refractivity contribution in [3.05, 3.63) is 78.3 Å². The second kappa shape index (κ2) is 9.82. The first-order valence-corrected chi connectivity index (χ1v) is 10.4. The summed E-state index contributed by atoms with van der Waals surface area (Å²) in [5.41, 5.74) is 2.50. The summed E-state index contributed by atoms with van der Waals surface area (Å²) < 4.78 is 32.8. The normalized spacial score (nSPS) is 16.1. The quantitative estimate of drug-likeness (QED) is 0.585. The molecule has 1 amide bonds. The van der Waals surface area contributed by atoms with Crippen LogP contribution in [0.4, 0.5) is 14.5 Å². The Bertz CT molecular complexity index is 1090. The van der Waals surface area contributed by atoms with E-state index in [-0.39, 0.29) is 17.5 Å². The molecular weight excluding hydrogens is 414 g/mol. The van der Waals surface area contributed by atoms with Crippen molar-refractivity contribution in [2.45, 2.75) is 12.5 Å². The van der Waals surface area contributed by atoms with Crippen molar-refractivity contribution in [2.24, 2.45) is 0 Å². The average molecular weight is 438 g/mol. The summed E-state index contributed by atoms with van der Waals surface area (Å²) in [5, 5.41) is 0.